The number of hydrogen-bond acceptors (Lipinski definition) is 2. The Hall–Kier alpha value is -2.75. The Kier molecular flexibility index (Phi) is 4.55. The predicted octanol–water partition coefficient (Wildman–Crippen LogP) is 4.58. The topological polar surface area (TPSA) is 48.1 Å². The highest BCUT2D eigenvalue weighted by Crippen LogP contribution is 2.31. The Morgan fingerprint density at radius 2 is 1.79 bits per heavy atom. The molecule has 28 heavy (non-hydrogen) atoms. The molecule has 2 aromatic carbocycles. The first-order valence-electron chi connectivity index (χ1n) is 10.5. The maximum Gasteiger partial charge on any atom is 0.253 e. The number of aromatic nitrogens is 1. The average Bonchev–Trinajstić information content (AvgIpc) is 3.40. The summed E-state index contributed by atoms with van der Waals surface area (Å²) in [4.78, 5) is 19.0. The van der Waals surface area contributed by atoms with Crippen LogP contribution in [0.25, 0.3) is 10.9 Å². The van der Waals surface area contributed by atoms with Crippen LogP contribution in [0.4, 0.5) is 5.69 Å². The van der Waals surface area contributed by atoms with E-state index in [0.29, 0.717) is 6.54 Å². The normalized spacial score (nSPS) is 16.4. The first kappa shape index (κ1) is 17.4. The van der Waals surface area contributed by atoms with Gasteiger partial charge in [-0.1, -0.05) is 30.3 Å². The largest absolute Gasteiger partial charge is 0.371 e. The fraction of sp³-hybridized carbons (Fsp3) is 0.375. The molecule has 0 radical (unpaired) electrons. The second kappa shape index (κ2) is 7.34. The van der Waals surface area contributed by atoms with Gasteiger partial charge in [0.05, 0.1) is 11.1 Å². The first-order chi connectivity index (χ1) is 13.8. The van der Waals surface area contributed by atoms with Gasteiger partial charge in [-0.3, -0.25) is 4.79 Å². The van der Waals surface area contributed by atoms with Gasteiger partial charge in [0, 0.05) is 36.4 Å². The summed E-state index contributed by atoms with van der Waals surface area (Å²) in [6.45, 7) is 2.78. The molecule has 4 heteroatoms. The molecule has 1 fully saturated rings. The van der Waals surface area contributed by atoms with Crippen LogP contribution in [0.3, 0.4) is 0 Å². The zero-order valence-electron chi connectivity index (χ0n) is 16.3. The van der Waals surface area contributed by atoms with Crippen molar-refractivity contribution in [3.63, 3.8) is 0 Å². The fourth-order valence-electron chi connectivity index (χ4n) is 4.82. The number of aromatic amines is 1. The monoisotopic (exact) mass is 373 g/mol. The summed E-state index contributed by atoms with van der Waals surface area (Å²) in [5, 5.41) is 4.39. The van der Waals surface area contributed by atoms with Crippen molar-refractivity contribution in [2.24, 2.45) is 0 Å². The van der Waals surface area contributed by atoms with Crippen LogP contribution in [0.2, 0.25) is 0 Å². The van der Waals surface area contributed by atoms with Crippen molar-refractivity contribution >= 4 is 22.5 Å². The van der Waals surface area contributed by atoms with Crippen LogP contribution >= 0.6 is 0 Å². The minimum absolute atomic E-state index is 0.000391. The summed E-state index contributed by atoms with van der Waals surface area (Å²) in [5.74, 6) is 0.000391. The smallest absolute Gasteiger partial charge is 0.253 e. The lowest BCUT2D eigenvalue weighted by Crippen LogP contribution is -2.25. The molecular weight excluding hydrogens is 346 g/mol. The molecule has 2 heterocycles. The third-order valence-electron chi connectivity index (χ3n) is 6.26. The lowest BCUT2D eigenvalue weighted by atomic mass is 9.95. The second-order valence-corrected chi connectivity index (χ2v) is 8.02. The summed E-state index contributed by atoms with van der Waals surface area (Å²) in [7, 11) is 0. The lowest BCUT2D eigenvalue weighted by molar-refractivity contribution is 0.0952. The zero-order valence-corrected chi connectivity index (χ0v) is 16.3. The van der Waals surface area contributed by atoms with Crippen molar-refractivity contribution in [2.45, 2.75) is 45.1 Å². The molecule has 0 atom stereocenters. The van der Waals surface area contributed by atoms with E-state index in [-0.39, 0.29) is 5.91 Å². The van der Waals surface area contributed by atoms with E-state index in [9.17, 15) is 4.79 Å². The highest BCUT2D eigenvalue weighted by atomic mass is 16.1. The number of carbonyl (C=O) groups is 1. The van der Waals surface area contributed by atoms with Crippen LogP contribution in [-0.4, -0.2) is 24.0 Å². The van der Waals surface area contributed by atoms with E-state index in [4.69, 9.17) is 0 Å². The number of amides is 1. The van der Waals surface area contributed by atoms with Crippen molar-refractivity contribution < 1.29 is 4.79 Å². The quantitative estimate of drug-likeness (QED) is 0.703. The molecular formula is C24H27N3O. The SMILES string of the molecule is O=C(NCc1ccccc1N1CCCC1)c1cccc2c3c([nH]c12)CCCC3. The first-order valence-corrected chi connectivity index (χ1v) is 10.5. The van der Waals surface area contributed by atoms with E-state index in [0.717, 1.165) is 37.0 Å². The van der Waals surface area contributed by atoms with Crippen molar-refractivity contribution in [2.75, 3.05) is 18.0 Å². The van der Waals surface area contributed by atoms with E-state index in [1.54, 1.807) is 0 Å². The summed E-state index contributed by atoms with van der Waals surface area (Å²) in [6, 6.07) is 14.5. The molecule has 1 aromatic heterocycles. The molecule has 2 aliphatic rings. The number of anilines is 1. The van der Waals surface area contributed by atoms with Gasteiger partial charge in [0.15, 0.2) is 0 Å². The lowest BCUT2D eigenvalue weighted by Gasteiger charge is -2.21. The molecule has 3 aromatic rings. The van der Waals surface area contributed by atoms with Gasteiger partial charge in [0.1, 0.15) is 0 Å². The summed E-state index contributed by atoms with van der Waals surface area (Å²) in [5.41, 5.74) is 6.94. The van der Waals surface area contributed by atoms with Crippen molar-refractivity contribution in [3.05, 3.63) is 64.8 Å². The van der Waals surface area contributed by atoms with Gasteiger partial charge in [-0.25, -0.2) is 0 Å². The average molecular weight is 374 g/mol. The number of aryl methyl sites for hydroxylation is 2. The van der Waals surface area contributed by atoms with Gasteiger partial charge in [0.2, 0.25) is 0 Å². The standard InChI is InChI=1S/C24H27N3O/c28-24(25-16-17-8-1-4-13-22(17)27-14-5-6-15-27)20-11-7-10-19-18-9-2-3-12-21(18)26-23(19)20/h1,4,7-8,10-11,13,26H,2-3,5-6,9,12,14-16H2,(H,25,28). The van der Waals surface area contributed by atoms with Crippen LogP contribution in [0.15, 0.2) is 42.5 Å². The van der Waals surface area contributed by atoms with Crippen LogP contribution < -0.4 is 10.2 Å². The molecule has 0 bridgehead atoms. The molecule has 1 amide bonds. The molecule has 4 nitrogen and oxygen atoms in total. The molecule has 5 rings (SSSR count). The number of carbonyl (C=O) groups excluding carboxylic acids is 1. The van der Waals surface area contributed by atoms with E-state index < -0.39 is 0 Å². The number of nitrogens with zero attached hydrogens (tertiary/aromatic N) is 1. The zero-order chi connectivity index (χ0) is 18.9. The Bertz CT molecular complexity index is 1010. The van der Waals surface area contributed by atoms with E-state index in [1.165, 1.54) is 53.6 Å². The molecule has 1 aliphatic carbocycles. The third kappa shape index (κ3) is 3.07. The van der Waals surface area contributed by atoms with Crippen LogP contribution in [0.5, 0.6) is 0 Å². The highest BCUT2D eigenvalue weighted by Gasteiger charge is 2.20. The fourth-order valence-corrected chi connectivity index (χ4v) is 4.82. The third-order valence-corrected chi connectivity index (χ3v) is 6.26. The molecule has 2 N–H and O–H groups in total. The van der Waals surface area contributed by atoms with Crippen molar-refractivity contribution in [3.8, 4) is 0 Å². The van der Waals surface area contributed by atoms with Crippen LogP contribution in [-0.2, 0) is 19.4 Å². The van der Waals surface area contributed by atoms with Gasteiger partial charge >= 0.3 is 0 Å². The number of hydrogen-bond donors (Lipinski definition) is 2. The Labute approximate surface area is 165 Å². The molecule has 1 aliphatic heterocycles. The van der Waals surface area contributed by atoms with Gasteiger partial charge in [0.25, 0.3) is 5.91 Å². The number of H-pyrrole nitrogens is 1. The van der Waals surface area contributed by atoms with Gasteiger partial charge < -0.3 is 15.2 Å². The van der Waals surface area contributed by atoms with Gasteiger partial charge in [-0.05, 0) is 61.8 Å². The number of para-hydroxylation sites is 2. The minimum Gasteiger partial charge on any atom is -0.371 e. The van der Waals surface area contributed by atoms with Gasteiger partial charge in [-0.2, -0.15) is 0 Å². The van der Waals surface area contributed by atoms with Crippen molar-refractivity contribution in [1.82, 2.24) is 10.3 Å². The molecule has 0 saturated carbocycles. The molecule has 1 saturated heterocycles. The summed E-state index contributed by atoms with van der Waals surface area (Å²) < 4.78 is 0. The van der Waals surface area contributed by atoms with Crippen molar-refractivity contribution in [1.29, 1.82) is 0 Å². The Balaban J connectivity index is 1.39. The molecule has 144 valence electrons. The minimum atomic E-state index is 0.000391. The Morgan fingerprint density at radius 3 is 2.68 bits per heavy atom. The molecule has 0 unspecified atom stereocenters. The number of benzene rings is 2. The number of nitrogens with one attached hydrogen (secondary N) is 2. The van der Waals surface area contributed by atoms with E-state index in [1.807, 2.05) is 12.1 Å². The van der Waals surface area contributed by atoms with E-state index in [2.05, 4.69) is 45.5 Å². The number of rotatable bonds is 4. The predicted molar refractivity (Wildman–Crippen MR) is 114 cm³/mol. The number of fused-ring (bicyclic) bond motifs is 3. The second-order valence-electron chi connectivity index (χ2n) is 8.02. The van der Waals surface area contributed by atoms with E-state index >= 15 is 0 Å². The highest BCUT2D eigenvalue weighted by molar-refractivity contribution is 6.06. The Morgan fingerprint density at radius 1 is 0.964 bits per heavy atom. The van der Waals surface area contributed by atoms with Gasteiger partial charge in [-0.15, -0.1) is 0 Å². The molecule has 0 spiro atoms. The summed E-state index contributed by atoms with van der Waals surface area (Å²) >= 11 is 0. The van der Waals surface area contributed by atoms with Crippen LogP contribution in [0.1, 0.15) is 52.9 Å². The maximum absolute atomic E-state index is 13.0. The maximum atomic E-state index is 13.0. The van der Waals surface area contributed by atoms with Crippen LogP contribution in [0, 0.1) is 0 Å². The summed E-state index contributed by atoms with van der Waals surface area (Å²) in [6.07, 6.45) is 7.18.